The highest BCUT2D eigenvalue weighted by molar-refractivity contribution is 5.57. The number of phenolic OH excluding ortho intramolecular Hbond substituents is 2. The molecule has 5 rings (SSSR count). The van der Waals surface area contributed by atoms with Crippen LogP contribution in [0.5, 0.6) is 34.5 Å². The summed E-state index contributed by atoms with van der Waals surface area (Å²) in [4.78, 5) is 0. The second-order valence-corrected chi connectivity index (χ2v) is 8.50. The van der Waals surface area contributed by atoms with Crippen LogP contribution in [0.3, 0.4) is 0 Å². The molecule has 9 heteroatoms. The first-order valence-electron chi connectivity index (χ1n) is 11.5. The summed E-state index contributed by atoms with van der Waals surface area (Å²) in [5.41, 5.74) is 2.04. The number of aliphatic hydroxyl groups is 3. The van der Waals surface area contributed by atoms with Gasteiger partial charge >= 0.3 is 0 Å². The summed E-state index contributed by atoms with van der Waals surface area (Å²) >= 11 is 0. The molecule has 2 aliphatic heterocycles. The number of rotatable bonds is 6. The van der Waals surface area contributed by atoms with E-state index in [9.17, 15) is 20.4 Å². The van der Waals surface area contributed by atoms with Crippen molar-refractivity contribution in [3.63, 3.8) is 0 Å². The van der Waals surface area contributed by atoms with Gasteiger partial charge in [-0.3, -0.25) is 0 Å². The van der Waals surface area contributed by atoms with Gasteiger partial charge in [-0.25, -0.2) is 0 Å². The Kier molecular flexibility index (Phi) is 6.60. The number of phenols is 2. The molecule has 0 bridgehead atoms. The maximum absolute atomic E-state index is 9.97. The lowest BCUT2D eigenvalue weighted by Crippen LogP contribution is -2.37. The lowest BCUT2D eigenvalue weighted by molar-refractivity contribution is -0.0174. The molecule has 0 amide bonds. The molecule has 0 aliphatic carbocycles. The van der Waals surface area contributed by atoms with Crippen LogP contribution < -0.4 is 18.9 Å². The van der Waals surface area contributed by atoms with Crippen molar-refractivity contribution in [3.05, 3.63) is 77.4 Å². The van der Waals surface area contributed by atoms with Gasteiger partial charge in [0.1, 0.15) is 0 Å². The van der Waals surface area contributed by atoms with Gasteiger partial charge in [-0.1, -0.05) is 30.4 Å². The number of ether oxygens (including phenoxy) is 4. The molecule has 0 spiro atoms. The van der Waals surface area contributed by atoms with Crippen molar-refractivity contribution in [3.8, 4) is 34.5 Å². The van der Waals surface area contributed by atoms with Gasteiger partial charge in [0.25, 0.3) is 0 Å². The molecule has 5 N–H and O–H groups in total. The molecular formula is C27H26O9. The zero-order valence-corrected chi connectivity index (χ0v) is 19.2. The molecule has 0 radical (unpaired) electrons. The third-order valence-electron chi connectivity index (χ3n) is 6.11. The van der Waals surface area contributed by atoms with Gasteiger partial charge in [-0.15, -0.1) is 0 Å². The summed E-state index contributed by atoms with van der Waals surface area (Å²) in [6.07, 6.45) is 0.588. The standard InChI is InChI=1S/C27H26O9/c28-9-1-2-15-3-7-20-22(10-15)36-27(24(13-29)33-20)17-5-8-21-23(12-17)34-25(14-30)26(35-21)16-4-6-18(31)19(32)11-16/h1-8,10-12,24-32H,9,13-14H2/b2-1+/t24-,25?,26?,27-/m1/s1. The molecule has 36 heavy (non-hydrogen) atoms. The second kappa shape index (κ2) is 9.98. The second-order valence-electron chi connectivity index (χ2n) is 8.50. The van der Waals surface area contributed by atoms with E-state index in [1.165, 1.54) is 12.1 Å². The number of hydrogen-bond acceptors (Lipinski definition) is 9. The average Bonchev–Trinajstić information content (AvgIpc) is 2.91. The predicted octanol–water partition coefficient (Wildman–Crippen LogP) is 2.85. The zero-order chi connectivity index (χ0) is 25.2. The third kappa shape index (κ3) is 4.51. The van der Waals surface area contributed by atoms with Gasteiger partial charge < -0.3 is 44.5 Å². The van der Waals surface area contributed by atoms with E-state index < -0.39 is 24.4 Å². The molecule has 0 saturated carbocycles. The van der Waals surface area contributed by atoms with Crippen LogP contribution in [0, 0.1) is 0 Å². The van der Waals surface area contributed by atoms with Crippen molar-refractivity contribution in [1.29, 1.82) is 0 Å². The SMILES string of the molecule is OC/C=C/c1ccc2c(c1)O[C@H](c1ccc3c(c1)OC(CO)C(c1ccc(O)c(O)c1)O3)[C@@H](CO)O2. The molecule has 0 saturated heterocycles. The molecule has 2 aliphatic rings. The van der Waals surface area contributed by atoms with E-state index in [2.05, 4.69) is 0 Å². The van der Waals surface area contributed by atoms with Crippen molar-refractivity contribution in [1.82, 2.24) is 0 Å². The first-order chi connectivity index (χ1) is 17.5. The molecule has 9 nitrogen and oxygen atoms in total. The molecule has 2 unspecified atom stereocenters. The maximum atomic E-state index is 9.97. The third-order valence-corrected chi connectivity index (χ3v) is 6.11. The molecule has 3 aromatic rings. The number of hydrogen-bond donors (Lipinski definition) is 5. The van der Waals surface area contributed by atoms with Crippen LogP contribution in [-0.4, -0.2) is 57.6 Å². The van der Waals surface area contributed by atoms with E-state index in [4.69, 9.17) is 24.1 Å². The van der Waals surface area contributed by atoms with Crippen LogP contribution in [0.4, 0.5) is 0 Å². The van der Waals surface area contributed by atoms with Gasteiger partial charge in [-0.2, -0.15) is 0 Å². The number of aliphatic hydroxyl groups excluding tert-OH is 3. The minimum Gasteiger partial charge on any atom is -0.504 e. The van der Waals surface area contributed by atoms with Gasteiger partial charge in [-0.05, 0) is 42.0 Å². The molecule has 3 aromatic carbocycles. The summed E-state index contributed by atoms with van der Waals surface area (Å²) in [6.45, 7) is -0.712. The van der Waals surface area contributed by atoms with Crippen LogP contribution in [-0.2, 0) is 0 Å². The van der Waals surface area contributed by atoms with Gasteiger partial charge in [0.15, 0.2) is 58.9 Å². The Morgan fingerprint density at radius 2 is 1.19 bits per heavy atom. The molecule has 2 heterocycles. The summed E-state index contributed by atoms with van der Waals surface area (Å²) in [5, 5.41) is 48.4. The largest absolute Gasteiger partial charge is 0.504 e. The Morgan fingerprint density at radius 1 is 0.611 bits per heavy atom. The fourth-order valence-corrected chi connectivity index (χ4v) is 4.32. The van der Waals surface area contributed by atoms with E-state index >= 15 is 0 Å². The smallest absolute Gasteiger partial charge is 0.163 e. The Balaban J connectivity index is 1.43. The van der Waals surface area contributed by atoms with Crippen molar-refractivity contribution >= 4 is 6.08 Å². The van der Waals surface area contributed by atoms with Crippen molar-refractivity contribution in [2.75, 3.05) is 19.8 Å². The number of fused-ring (bicyclic) bond motifs is 2. The summed E-state index contributed by atoms with van der Waals surface area (Å²) in [7, 11) is 0. The van der Waals surface area contributed by atoms with Gasteiger partial charge in [0, 0.05) is 11.1 Å². The summed E-state index contributed by atoms with van der Waals surface area (Å²) in [6, 6.07) is 14.9. The summed E-state index contributed by atoms with van der Waals surface area (Å²) in [5.74, 6) is 1.26. The number of aromatic hydroxyl groups is 2. The molecule has 188 valence electrons. The van der Waals surface area contributed by atoms with Gasteiger partial charge in [0.05, 0.1) is 19.8 Å². The fraction of sp³-hybridized carbons (Fsp3) is 0.259. The lowest BCUT2D eigenvalue weighted by atomic mass is 10.00. The Bertz CT molecular complexity index is 1270. The highest BCUT2D eigenvalue weighted by Crippen LogP contribution is 2.45. The first kappa shape index (κ1) is 23.8. The fourth-order valence-electron chi connectivity index (χ4n) is 4.32. The summed E-state index contributed by atoms with van der Waals surface area (Å²) < 4.78 is 24.3. The van der Waals surface area contributed by atoms with Crippen LogP contribution >= 0.6 is 0 Å². The van der Waals surface area contributed by atoms with E-state index in [1.807, 2.05) is 6.07 Å². The zero-order valence-electron chi connectivity index (χ0n) is 19.2. The van der Waals surface area contributed by atoms with Crippen molar-refractivity contribution < 1.29 is 44.5 Å². The molecule has 4 atom stereocenters. The topological polar surface area (TPSA) is 138 Å². The quantitative estimate of drug-likeness (QED) is 0.328. The van der Waals surface area contributed by atoms with Crippen LogP contribution in [0.15, 0.2) is 60.7 Å². The van der Waals surface area contributed by atoms with Crippen LogP contribution in [0.25, 0.3) is 6.08 Å². The molecular weight excluding hydrogens is 468 g/mol. The number of benzene rings is 3. The van der Waals surface area contributed by atoms with E-state index in [0.717, 1.165) is 5.56 Å². The monoisotopic (exact) mass is 494 g/mol. The highest BCUT2D eigenvalue weighted by atomic mass is 16.6. The first-order valence-corrected chi connectivity index (χ1v) is 11.5. The Morgan fingerprint density at radius 3 is 1.89 bits per heavy atom. The minimum atomic E-state index is -0.768. The van der Waals surface area contributed by atoms with E-state index in [1.54, 1.807) is 48.6 Å². The lowest BCUT2D eigenvalue weighted by Gasteiger charge is -2.36. The minimum absolute atomic E-state index is 0.0789. The maximum Gasteiger partial charge on any atom is 0.163 e. The molecule has 0 aromatic heterocycles. The van der Waals surface area contributed by atoms with Crippen LogP contribution in [0.1, 0.15) is 28.9 Å². The van der Waals surface area contributed by atoms with Crippen molar-refractivity contribution in [2.24, 2.45) is 0 Å². The highest BCUT2D eigenvalue weighted by Gasteiger charge is 2.36. The Labute approximate surface area is 207 Å². The van der Waals surface area contributed by atoms with Crippen LogP contribution in [0.2, 0.25) is 0 Å². The molecule has 0 fully saturated rings. The predicted molar refractivity (Wildman–Crippen MR) is 129 cm³/mol. The Hall–Kier alpha value is -3.92. The van der Waals surface area contributed by atoms with Crippen molar-refractivity contribution in [2.45, 2.75) is 24.4 Å². The normalized spacial score (nSPS) is 22.5. The average molecular weight is 494 g/mol. The van der Waals surface area contributed by atoms with E-state index in [-0.39, 0.29) is 31.3 Å². The van der Waals surface area contributed by atoms with E-state index in [0.29, 0.717) is 34.1 Å². The van der Waals surface area contributed by atoms with Gasteiger partial charge in [0.2, 0.25) is 0 Å².